The number of aromatic nitrogens is 1. The smallest absolute Gasteiger partial charge is 0.273 e. The number of hydrogen-bond acceptors (Lipinski definition) is 6. The first-order valence-electron chi connectivity index (χ1n) is 4.61. The molecule has 0 atom stereocenters. The van der Waals surface area contributed by atoms with Gasteiger partial charge in [-0.2, -0.15) is 0 Å². The number of rotatable bonds is 5. The third kappa shape index (κ3) is 3.03. The van der Waals surface area contributed by atoms with E-state index >= 15 is 0 Å². The fourth-order valence-corrected chi connectivity index (χ4v) is 4.09. The molecule has 0 saturated carbocycles. The minimum Gasteiger partial charge on any atom is -0.378 e. The molecule has 0 aliphatic rings. The maximum Gasteiger partial charge on any atom is 0.273 e. The van der Waals surface area contributed by atoms with Crippen LogP contribution in [0.3, 0.4) is 0 Å². The summed E-state index contributed by atoms with van der Waals surface area (Å²) in [6.45, 7) is 0.372. The normalized spacial score (nSPS) is 11.6. The molecule has 2 aromatic heterocycles. The highest BCUT2D eigenvalue weighted by Crippen LogP contribution is 2.22. The first-order valence-corrected chi connectivity index (χ1v) is 7.86. The van der Waals surface area contributed by atoms with Gasteiger partial charge in [-0.3, -0.25) is 4.72 Å². The predicted molar refractivity (Wildman–Crippen MR) is 68.0 cm³/mol. The van der Waals surface area contributed by atoms with Gasteiger partial charge in [-0.25, -0.2) is 13.4 Å². The predicted octanol–water partition coefficient (Wildman–Crippen LogP) is 2.15. The fraction of sp³-hybridized carbons (Fsp3) is 0.222. The van der Waals surface area contributed by atoms with Crippen molar-refractivity contribution in [3.8, 4) is 0 Å². The number of thiazole rings is 1. The molecule has 0 unspecified atom stereocenters. The summed E-state index contributed by atoms with van der Waals surface area (Å²) in [7, 11) is -1.93. The Morgan fingerprint density at radius 3 is 2.94 bits per heavy atom. The first kappa shape index (κ1) is 12.5. The van der Waals surface area contributed by atoms with Crippen molar-refractivity contribution < 1.29 is 13.2 Å². The Hall–Kier alpha value is -0.960. The minimum atomic E-state index is -3.50. The maximum atomic E-state index is 11.9. The summed E-state index contributed by atoms with van der Waals surface area (Å²) in [5.41, 5.74) is 0.710. The third-order valence-corrected chi connectivity index (χ3v) is 5.50. The van der Waals surface area contributed by atoms with Crippen molar-refractivity contribution in [2.45, 2.75) is 10.8 Å². The topological polar surface area (TPSA) is 68.3 Å². The third-order valence-electron chi connectivity index (χ3n) is 1.83. The van der Waals surface area contributed by atoms with Gasteiger partial charge in [0, 0.05) is 12.5 Å². The molecule has 0 amide bonds. The van der Waals surface area contributed by atoms with Crippen molar-refractivity contribution in [2.24, 2.45) is 0 Å². The van der Waals surface area contributed by atoms with Gasteiger partial charge in [0.25, 0.3) is 10.0 Å². The Labute approximate surface area is 107 Å². The zero-order valence-corrected chi connectivity index (χ0v) is 11.4. The summed E-state index contributed by atoms with van der Waals surface area (Å²) >= 11 is 2.40. The zero-order valence-electron chi connectivity index (χ0n) is 8.91. The second kappa shape index (κ2) is 5.13. The van der Waals surface area contributed by atoms with E-state index in [9.17, 15) is 8.42 Å². The molecule has 0 bridgehead atoms. The molecule has 2 aromatic rings. The molecule has 0 aromatic carbocycles. The molecule has 0 aliphatic carbocycles. The van der Waals surface area contributed by atoms with Gasteiger partial charge in [-0.05, 0) is 11.4 Å². The van der Waals surface area contributed by atoms with E-state index in [1.807, 2.05) is 0 Å². The van der Waals surface area contributed by atoms with Crippen molar-refractivity contribution >= 4 is 37.8 Å². The van der Waals surface area contributed by atoms with E-state index < -0.39 is 10.0 Å². The van der Waals surface area contributed by atoms with Crippen LogP contribution in [0, 0.1) is 0 Å². The van der Waals surface area contributed by atoms with E-state index in [-0.39, 0.29) is 4.21 Å². The Bertz CT molecular complexity index is 574. The molecule has 2 heterocycles. The standard InChI is InChI=1S/C9H10N2O3S3/c1-14-5-7-6-16-9(10-7)11-17(12,13)8-3-2-4-15-8/h2-4,6H,5H2,1H3,(H,10,11). The summed E-state index contributed by atoms with van der Waals surface area (Å²) in [5.74, 6) is 0. The summed E-state index contributed by atoms with van der Waals surface area (Å²) in [4.78, 5) is 4.10. The second-order valence-electron chi connectivity index (χ2n) is 3.11. The van der Waals surface area contributed by atoms with E-state index in [4.69, 9.17) is 4.74 Å². The highest BCUT2D eigenvalue weighted by Gasteiger charge is 2.16. The van der Waals surface area contributed by atoms with E-state index in [0.29, 0.717) is 17.4 Å². The molecule has 0 aliphatic heterocycles. The van der Waals surface area contributed by atoms with Crippen LogP contribution in [0.4, 0.5) is 5.13 Å². The maximum absolute atomic E-state index is 11.9. The number of nitrogens with one attached hydrogen (secondary N) is 1. The van der Waals surface area contributed by atoms with Gasteiger partial charge in [0.2, 0.25) is 0 Å². The summed E-state index contributed by atoms with van der Waals surface area (Å²) in [6.07, 6.45) is 0. The number of thiophene rings is 1. The van der Waals surface area contributed by atoms with Crippen LogP contribution in [0.5, 0.6) is 0 Å². The van der Waals surface area contributed by atoms with Crippen LogP contribution in [0.2, 0.25) is 0 Å². The SMILES string of the molecule is COCc1csc(NS(=O)(=O)c2cccs2)n1. The van der Waals surface area contributed by atoms with Gasteiger partial charge >= 0.3 is 0 Å². The number of anilines is 1. The average Bonchev–Trinajstić information content (AvgIpc) is 2.88. The van der Waals surface area contributed by atoms with Crippen molar-refractivity contribution in [1.29, 1.82) is 0 Å². The van der Waals surface area contributed by atoms with Crippen molar-refractivity contribution in [2.75, 3.05) is 11.8 Å². The summed E-state index contributed by atoms with van der Waals surface area (Å²) in [6, 6.07) is 3.24. The molecule has 0 saturated heterocycles. The second-order valence-corrected chi connectivity index (χ2v) is 6.83. The lowest BCUT2D eigenvalue weighted by atomic mass is 10.5. The molecule has 17 heavy (non-hydrogen) atoms. The van der Waals surface area contributed by atoms with E-state index in [1.165, 1.54) is 22.7 Å². The van der Waals surface area contributed by atoms with Crippen LogP contribution in [0.25, 0.3) is 0 Å². The Balaban J connectivity index is 2.15. The van der Waals surface area contributed by atoms with E-state index in [2.05, 4.69) is 9.71 Å². The Kier molecular flexibility index (Phi) is 3.77. The van der Waals surface area contributed by atoms with Crippen molar-refractivity contribution in [1.82, 2.24) is 4.98 Å². The molecular weight excluding hydrogens is 280 g/mol. The number of hydrogen-bond donors (Lipinski definition) is 1. The molecule has 0 radical (unpaired) electrons. The molecule has 92 valence electrons. The Morgan fingerprint density at radius 2 is 2.29 bits per heavy atom. The number of nitrogens with zero attached hydrogens (tertiary/aromatic N) is 1. The summed E-state index contributed by atoms with van der Waals surface area (Å²) in [5, 5.41) is 3.83. The molecule has 0 spiro atoms. The molecule has 2 rings (SSSR count). The highest BCUT2D eigenvalue weighted by molar-refractivity contribution is 7.94. The van der Waals surface area contributed by atoms with Crippen LogP contribution in [-0.4, -0.2) is 20.5 Å². The number of methoxy groups -OCH3 is 1. The number of ether oxygens (including phenoxy) is 1. The van der Waals surface area contributed by atoms with Gasteiger partial charge in [0.15, 0.2) is 5.13 Å². The van der Waals surface area contributed by atoms with Crippen LogP contribution < -0.4 is 4.72 Å². The zero-order chi connectivity index (χ0) is 12.3. The lowest BCUT2D eigenvalue weighted by molar-refractivity contribution is 0.182. The van der Waals surface area contributed by atoms with E-state index in [0.717, 1.165) is 0 Å². The fourth-order valence-electron chi connectivity index (χ4n) is 1.15. The molecule has 0 fully saturated rings. The summed E-state index contributed by atoms with van der Waals surface area (Å²) < 4.78 is 31.4. The van der Waals surface area contributed by atoms with Gasteiger partial charge in [0.1, 0.15) is 4.21 Å². The van der Waals surface area contributed by atoms with Gasteiger partial charge in [0.05, 0.1) is 12.3 Å². The quantitative estimate of drug-likeness (QED) is 0.916. The first-order chi connectivity index (χ1) is 8.12. The molecule has 8 heteroatoms. The lowest BCUT2D eigenvalue weighted by Crippen LogP contribution is -2.11. The average molecular weight is 290 g/mol. The van der Waals surface area contributed by atoms with Crippen LogP contribution in [0.15, 0.2) is 27.1 Å². The molecule has 5 nitrogen and oxygen atoms in total. The lowest BCUT2D eigenvalue weighted by Gasteiger charge is -2.01. The monoisotopic (exact) mass is 290 g/mol. The van der Waals surface area contributed by atoms with Crippen molar-refractivity contribution in [3.63, 3.8) is 0 Å². The van der Waals surface area contributed by atoms with Crippen molar-refractivity contribution in [3.05, 3.63) is 28.6 Å². The molecule has 1 N–H and O–H groups in total. The van der Waals surface area contributed by atoms with E-state index in [1.54, 1.807) is 30.0 Å². The van der Waals surface area contributed by atoms with Crippen LogP contribution in [-0.2, 0) is 21.4 Å². The Morgan fingerprint density at radius 1 is 1.47 bits per heavy atom. The molecular formula is C9H10N2O3S3. The minimum absolute atomic E-state index is 0.279. The highest BCUT2D eigenvalue weighted by atomic mass is 32.2. The largest absolute Gasteiger partial charge is 0.378 e. The van der Waals surface area contributed by atoms with Gasteiger partial charge in [-0.1, -0.05) is 6.07 Å². The van der Waals surface area contributed by atoms with Crippen LogP contribution in [0.1, 0.15) is 5.69 Å². The van der Waals surface area contributed by atoms with Gasteiger partial charge < -0.3 is 4.74 Å². The van der Waals surface area contributed by atoms with Crippen LogP contribution >= 0.6 is 22.7 Å². The number of sulfonamides is 1. The van der Waals surface area contributed by atoms with Gasteiger partial charge in [-0.15, -0.1) is 22.7 Å².